The molecule has 0 bridgehead atoms. The number of carbonyl (C=O) groups is 1. The number of benzene rings is 1. The van der Waals surface area contributed by atoms with Crippen LogP contribution >= 0.6 is 15.9 Å². The summed E-state index contributed by atoms with van der Waals surface area (Å²) in [5, 5.41) is 0. The molecule has 0 amide bonds. The van der Waals surface area contributed by atoms with Gasteiger partial charge in [-0.1, -0.05) is 22.0 Å². The smallest absolute Gasteiger partial charge is 0.373 e. The highest BCUT2D eigenvalue weighted by molar-refractivity contribution is 9.10. The van der Waals surface area contributed by atoms with Crippen LogP contribution in [0, 0.1) is 6.92 Å². The largest absolute Gasteiger partial charge is 0.455 e. The van der Waals surface area contributed by atoms with Crippen LogP contribution in [0.2, 0.25) is 0 Å². The molecule has 1 aliphatic heterocycles. The number of likely N-dealkylation sites (N-methyl/N-ethyl adjacent to an activating group) is 1. The van der Waals surface area contributed by atoms with E-state index in [4.69, 9.17) is 4.74 Å². The molecule has 0 unspecified atom stereocenters. The SMILES string of the molecule is Cc1ccc(Br)cc1[C@]1(C(=O)OC(C)(C)C)CC[N+]1(C)C. The summed E-state index contributed by atoms with van der Waals surface area (Å²) in [4.78, 5) is 13.0. The molecule has 0 N–H and O–H groups in total. The van der Waals surface area contributed by atoms with Crippen molar-refractivity contribution >= 4 is 21.9 Å². The van der Waals surface area contributed by atoms with E-state index >= 15 is 0 Å². The summed E-state index contributed by atoms with van der Waals surface area (Å²) in [6.07, 6.45) is 0.826. The number of aryl methyl sites for hydroxylation is 1. The molecule has 0 spiro atoms. The van der Waals surface area contributed by atoms with Crippen LogP contribution in [0.3, 0.4) is 0 Å². The highest BCUT2D eigenvalue weighted by Gasteiger charge is 2.63. The number of halogens is 1. The van der Waals surface area contributed by atoms with E-state index in [-0.39, 0.29) is 5.97 Å². The minimum atomic E-state index is -0.596. The first-order valence-electron chi connectivity index (χ1n) is 7.33. The van der Waals surface area contributed by atoms with Gasteiger partial charge in [0.05, 0.1) is 27.1 Å². The first kappa shape index (κ1) is 16.5. The number of quaternary nitrogens is 1. The summed E-state index contributed by atoms with van der Waals surface area (Å²) in [6.45, 7) is 8.80. The van der Waals surface area contributed by atoms with Crippen LogP contribution in [0.5, 0.6) is 0 Å². The molecule has 1 atom stereocenters. The lowest BCUT2D eigenvalue weighted by molar-refractivity contribution is -0.982. The molecular formula is C17H25BrNO2+. The molecule has 1 aromatic rings. The fourth-order valence-corrected chi connectivity index (χ4v) is 3.47. The fraction of sp³-hybridized carbons (Fsp3) is 0.588. The lowest BCUT2D eigenvalue weighted by atomic mass is 9.74. The maximum Gasteiger partial charge on any atom is 0.373 e. The average Bonchev–Trinajstić information content (AvgIpc) is 2.30. The van der Waals surface area contributed by atoms with Crippen molar-refractivity contribution in [2.24, 2.45) is 0 Å². The van der Waals surface area contributed by atoms with Crippen LogP contribution < -0.4 is 0 Å². The van der Waals surface area contributed by atoms with E-state index < -0.39 is 11.1 Å². The molecule has 3 nitrogen and oxygen atoms in total. The van der Waals surface area contributed by atoms with E-state index in [1.54, 1.807) is 0 Å². The van der Waals surface area contributed by atoms with Crippen LogP contribution in [-0.2, 0) is 15.1 Å². The number of rotatable bonds is 2. The van der Waals surface area contributed by atoms with Gasteiger partial charge in [-0.2, -0.15) is 0 Å². The van der Waals surface area contributed by atoms with Crippen molar-refractivity contribution in [3.05, 3.63) is 33.8 Å². The minimum absolute atomic E-state index is 0.118. The van der Waals surface area contributed by atoms with E-state index in [1.165, 1.54) is 0 Å². The molecule has 0 saturated carbocycles. The van der Waals surface area contributed by atoms with Gasteiger partial charge in [0.25, 0.3) is 0 Å². The summed E-state index contributed by atoms with van der Waals surface area (Å²) in [5.74, 6) is -0.118. The number of carbonyl (C=O) groups excluding carboxylic acids is 1. The predicted molar refractivity (Wildman–Crippen MR) is 88.0 cm³/mol. The highest BCUT2D eigenvalue weighted by atomic mass is 79.9. The summed E-state index contributed by atoms with van der Waals surface area (Å²) in [6, 6.07) is 6.14. The molecule has 0 aliphatic carbocycles. The van der Waals surface area contributed by atoms with E-state index in [2.05, 4.69) is 49.1 Å². The summed E-state index contributed by atoms with van der Waals surface area (Å²) in [7, 11) is 4.21. The molecule has 1 saturated heterocycles. The van der Waals surface area contributed by atoms with Gasteiger partial charge < -0.3 is 9.22 Å². The Kier molecular flexibility index (Phi) is 4.00. The van der Waals surface area contributed by atoms with Crippen molar-refractivity contribution in [3.8, 4) is 0 Å². The summed E-state index contributed by atoms with van der Waals surface area (Å²) < 4.78 is 7.40. The van der Waals surface area contributed by atoms with Gasteiger partial charge in [0.15, 0.2) is 0 Å². The molecular weight excluding hydrogens is 330 g/mol. The second kappa shape index (κ2) is 5.10. The summed E-state index contributed by atoms with van der Waals surface area (Å²) in [5.41, 5.74) is 1.14. The maximum atomic E-state index is 13.0. The monoisotopic (exact) mass is 354 g/mol. The van der Waals surface area contributed by atoms with E-state index in [0.717, 1.165) is 28.6 Å². The first-order valence-corrected chi connectivity index (χ1v) is 8.12. The molecule has 0 radical (unpaired) electrons. The Hall–Kier alpha value is -0.870. The lowest BCUT2D eigenvalue weighted by Gasteiger charge is -2.55. The number of nitrogens with zero attached hydrogens (tertiary/aromatic N) is 1. The van der Waals surface area contributed by atoms with Crippen LogP contribution in [0.25, 0.3) is 0 Å². The maximum absolute atomic E-state index is 13.0. The molecule has 4 heteroatoms. The number of hydrogen-bond acceptors (Lipinski definition) is 2. The van der Waals surface area contributed by atoms with Crippen LogP contribution in [0.4, 0.5) is 0 Å². The lowest BCUT2D eigenvalue weighted by Crippen LogP contribution is -2.72. The van der Waals surface area contributed by atoms with E-state index in [9.17, 15) is 4.79 Å². The normalized spacial score (nSPS) is 24.3. The quantitative estimate of drug-likeness (QED) is 0.596. The van der Waals surface area contributed by atoms with Gasteiger partial charge in [-0.3, -0.25) is 0 Å². The molecule has 1 aromatic carbocycles. The molecule has 1 fully saturated rings. The Bertz CT molecular complexity index is 575. The van der Waals surface area contributed by atoms with Gasteiger partial charge in [-0.05, 0) is 45.4 Å². The zero-order chi connectivity index (χ0) is 16.1. The Balaban J connectivity index is 2.54. The fourth-order valence-electron chi connectivity index (χ4n) is 3.10. The third-order valence-electron chi connectivity index (χ3n) is 4.45. The Morgan fingerprint density at radius 2 is 1.95 bits per heavy atom. The van der Waals surface area contributed by atoms with Crippen molar-refractivity contribution in [2.75, 3.05) is 20.6 Å². The van der Waals surface area contributed by atoms with Gasteiger partial charge in [-0.25, -0.2) is 4.79 Å². The second-order valence-electron chi connectivity index (χ2n) is 7.48. The highest BCUT2D eigenvalue weighted by Crippen LogP contribution is 2.48. The van der Waals surface area contributed by atoms with Crippen molar-refractivity contribution < 1.29 is 14.0 Å². The van der Waals surface area contributed by atoms with Crippen molar-refractivity contribution in [3.63, 3.8) is 0 Å². The average molecular weight is 355 g/mol. The van der Waals surface area contributed by atoms with Gasteiger partial charge in [0.1, 0.15) is 5.60 Å². The Morgan fingerprint density at radius 1 is 1.33 bits per heavy atom. The molecule has 2 rings (SSSR count). The number of likely N-dealkylation sites (tertiary alicyclic amines) is 1. The van der Waals surface area contributed by atoms with Crippen LogP contribution in [-0.4, -0.2) is 36.7 Å². The van der Waals surface area contributed by atoms with E-state index in [0.29, 0.717) is 4.48 Å². The van der Waals surface area contributed by atoms with Gasteiger partial charge >= 0.3 is 5.97 Å². The third-order valence-corrected chi connectivity index (χ3v) is 4.94. The standard InChI is InChI=1S/C17H25BrNO2/c1-12-7-8-13(18)11-14(12)17(9-10-19(17,5)6)15(20)21-16(2,3)4/h7-8,11H,9-10H2,1-6H3/q+1/t17-/m0/s1. The predicted octanol–water partition coefficient (Wildman–Crippen LogP) is 3.77. The van der Waals surface area contributed by atoms with Gasteiger partial charge in [-0.15, -0.1) is 0 Å². The Labute approximate surface area is 136 Å². The van der Waals surface area contributed by atoms with Crippen molar-refractivity contribution in [2.45, 2.75) is 45.3 Å². The molecule has 0 aromatic heterocycles. The zero-order valence-corrected chi connectivity index (χ0v) is 15.4. The van der Waals surface area contributed by atoms with Gasteiger partial charge in [0.2, 0.25) is 5.54 Å². The molecule has 21 heavy (non-hydrogen) atoms. The number of esters is 1. The molecule has 1 heterocycles. The number of hydrogen-bond donors (Lipinski definition) is 0. The Morgan fingerprint density at radius 3 is 2.38 bits per heavy atom. The second-order valence-corrected chi connectivity index (χ2v) is 8.40. The van der Waals surface area contributed by atoms with Crippen LogP contribution in [0.15, 0.2) is 22.7 Å². The van der Waals surface area contributed by atoms with Crippen molar-refractivity contribution in [1.29, 1.82) is 0 Å². The van der Waals surface area contributed by atoms with Crippen molar-refractivity contribution in [1.82, 2.24) is 0 Å². The van der Waals surface area contributed by atoms with Gasteiger partial charge in [0, 0.05) is 10.0 Å². The van der Waals surface area contributed by atoms with Crippen LogP contribution in [0.1, 0.15) is 38.3 Å². The zero-order valence-electron chi connectivity index (χ0n) is 13.8. The molecule has 1 aliphatic rings. The van der Waals surface area contributed by atoms with E-state index in [1.807, 2.05) is 26.8 Å². The molecule has 116 valence electrons. The summed E-state index contributed by atoms with van der Waals surface area (Å²) >= 11 is 3.53. The first-order chi connectivity index (χ1) is 9.49. The third kappa shape index (κ3) is 2.76. The minimum Gasteiger partial charge on any atom is -0.455 e. The number of ether oxygens (including phenoxy) is 1. The topological polar surface area (TPSA) is 26.3 Å².